The minimum Gasteiger partial charge on any atom is -0.396 e. The van der Waals surface area contributed by atoms with Crippen LogP contribution in [0.1, 0.15) is 26.1 Å². The standard InChI is InChI=1S/C12H19N5O/c1-8(2)10(4-7-18)14-11-12-16-15-9(3)17(12)6-5-13-11/h5-6,8,10,18H,4,7H2,1-3H3,(H,13,14). The fourth-order valence-electron chi connectivity index (χ4n) is 1.93. The monoisotopic (exact) mass is 249 g/mol. The second-order valence-electron chi connectivity index (χ2n) is 4.72. The number of rotatable bonds is 5. The zero-order valence-electron chi connectivity index (χ0n) is 11.0. The number of hydrogen-bond donors (Lipinski definition) is 2. The smallest absolute Gasteiger partial charge is 0.203 e. The van der Waals surface area contributed by atoms with Gasteiger partial charge < -0.3 is 10.4 Å². The lowest BCUT2D eigenvalue weighted by molar-refractivity contribution is 0.267. The highest BCUT2D eigenvalue weighted by molar-refractivity contribution is 5.62. The highest BCUT2D eigenvalue weighted by Gasteiger charge is 2.16. The lowest BCUT2D eigenvalue weighted by Gasteiger charge is -2.22. The summed E-state index contributed by atoms with van der Waals surface area (Å²) < 4.78 is 1.89. The van der Waals surface area contributed by atoms with Gasteiger partial charge in [0.15, 0.2) is 5.82 Å². The minimum absolute atomic E-state index is 0.157. The molecular weight excluding hydrogens is 230 g/mol. The number of hydrogen-bond acceptors (Lipinski definition) is 5. The summed E-state index contributed by atoms with van der Waals surface area (Å²) in [5.41, 5.74) is 0.721. The highest BCUT2D eigenvalue weighted by Crippen LogP contribution is 2.17. The van der Waals surface area contributed by atoms with Crippen molar-refractivity contribution in [1.29, 1.82) is 0 Å². The lowest BCUT2D eigenvalue weighted by Crippen LogP contribution is -2.27. The predicted octanol–water partition coefficient (Wildman–Crippen LogP) is 1.25. The molecule has 0 fully saturated rings. The molecule has 2 aromatic rings. The van der Waals surface area contributed by atoms with E-state index >= 15 is 0 Å². The summed E-state index contributed by atoms with van der Waals surface area (Å²) >= 11 is 0. The molecule has 0 aliphatic carbocycles. The molecule has 0 saturated heterocycles. The Hall–Kier alpha value is -1.69. The van der Waals surface area contributed by atoms with Crippen LogP contribution in [-0.4, -0.2) is 37.3 Å². The quantitative estimate of drug-likeness (QED) is 0.834. The first-order valence-electron chi connectivity index (χ1n) is 6.17. The van der Waals surface area contributed by atoms with E-state index in [9.17, 15) is 0 Å². The van der Waals surface area contributed by atoms with Crippen molar-refractivity contribution in [3.63, 3.8) is 0 Å². The van der Waals surface area contributed by atoms with Gasteiger partial charge in [-0.3, -0.25) is 4.40 Å². The van der Waals surface area contributed by atoms with Gasteiger partial charge in [-0.1, -0.05) is 13.8 Å². The summed E-state index contributed by atoms with van der Waals surface area (Å²) in [7, 11) is 0. The third kappa shape index (κ3) is 2.43. The number of anilines is 1. The van der Waals surface area contributed by atoms with Crippen LogP contribution in [0.15, 0.2) is 12.4 Å². The number of fused-ring (bicyclic) bond motifs is 1. The van der Waals surface area contributed by atoms with E-state index in [4.69, 9.17) is 5.11 Å². The molecule has 0 spiro atoms. The molecule has 18 heavy (non-hydrogen) atoms. The average Bonchev–Trinajstić information content (AvgIpc) is 2.72. The van der Waals surface area contributed by atoms with Gasteiger partial charge in [0.1, 0.15) is 5.82 Å². The van der Waals surface area contributed by atoms with Gasteiger partial charge in [0.25, 0.3) is 0 Å². The molecule has 2 aromatic heterocycles. The van der Waals surface area contributed by atoms with E-state index in [2.05, 4.69) is 34.3 Å². The lowest BCUT2D eigenvalue weighted by atomic mass is 10.0. The summed E-state index contributed by atoms with van der Waals surface area (Å²) in [5.74, 6) is 1.95. The molecule has 0 saturated carbocycles. The fraction of sp³-hybridized carbons (Fsp3) is 0.583. The van der Waals surface area contributed by atoms with Crippen LogP contribution in [0.2, 0.25) is 0 Å². The van der Waals surface area contributed by atoms with Crippen molar-refractivity contribution in [2.75, 3.05) is 11.9 Å². The van der Waals surface area contributed by atoms with E-state index < -0.39 is 0 Å². The molecule has 2 N–H and O–H groups in total. The molecule has 6 nitrogen and oxygen atoms in total. The van der Waals surface area contributed by atoms with E-state index in [0.717, 1.165) is 11.5 Å². The van der Waals surface area contributed by atoms with Crippen molar-refractivity contribution in [2.24, 2.45) is 5.92 Å². The maximum atomic E-state index is 9.09. The maximum Gasteiger partial charge on any atom is 0.203 e. The topological polar surface area (TPSA) is 75.3 Å². The second kappa shape index (κ2) is 5.30. The Labute approximate surface area is 106 Å². The molecule has 0 bridgehead atoms. The Bertz CT molecular complexity index is 522. The third-order valence-corrected chi connectivity index (χ3v) is 3.06. The zero-order chi connectivity index (χ0) is 13.1. The van der Waals surface area contributed by atoms with Gasteiger partial charge in [-0.2, -0.15) is 0 Å². The van der Waals surface area contributed by atoms with Crippen LogP contribution in [0, 0.1) is 12.8 Å². The van der Waals surface area contributed by atoms with Crippen LogP contribution in [0.25, 0.3) is 5.65 Å². The molecule has 0 radical (unpaired) electrons. The number of aryl methyl sites for hydroxylation is 1. The van der Waals surface area contributed by atoms with E-state index in [0.29, 0.717) is 18.2 Å². The van der Waals surface area contributed by atoms with Gasteiger partial charge >= 0.3 is 0 Å². The zero-order valence-corrected chi connectivity index (χ0v) is 11.0. The van der Waals surface area contributed by atoms with E-state index in [1.807, 2.05) is 17.5 Å². The highest BCUT2D eigenvalue weighted by atomic mass is 16.3. The maximum absolute atomic E-state index is 9.09. The Morgan fingerprint density at radius 1 is 1.39 bits per heavy atom. The number of aliphatic hydroxyl groups excluding tert-OH is 1. The van der Waals surface area contributed by atoms with Gasteiger partial charge in [-0.05, 0) is 19.3 Å². The molecule has 6 heteroatoms. The minimum atomic E-state index is 0.157. The first-order chi connectivity index (χ1) is 8.63. The Balaban J connectivity index is 2.30. The first-order valence-corrected chi connectivity index (χ1v) is 6.17. The van der Waals surface area contributed by atoms with Gasteiger partial charge in [0, 0.05) is 25.0 Å². The van der Waals surface area contributed by atoms with Crippen LogP contribution in [0.3, 0.4) is 0 Å². The van der Waals surface area contributed by atoms with Crippen molar-refractivity contribution in [2.45, 2.75) is 33.2 Å². The largest absolute Gasteiger partial charge is 0.396 e. The molecule has 2 rings (SSSR count). The summed E-state index contributed by atoms with van der Waals surface area (Å²) in [5, 5.41) is 20.6. The molecule has 1 atom stereocenters. The molecule has 0 aliphatic heterocycles. The van der Waals surface area contributed by atoms with Crippen LogP contribution in [0.4, 0.5) is 5.82 Å². The van der Waals surface area contributed by atoms with Crippen molar-refractivity contribution in [3.05, 3.63) is 18.2 Å². The van der Waals surface area contributed by atoms with Crippen molar-refractivity contribution in [3.8, 4) is 0 Å². The summed E-state index contributed by atoms with van der Waals surface area (Å²) in [6.07, 6.45) is 4.25. The van der Waals surface area contributed by atoms with E-state index in [-0.39, 0.29) is 12.6 Å². The normalized spacial score (nSPS) is 13.2. The summed E-state index contributed by atoms with van der Waals surface area (Å²) in [6.45, 7) is 6.28. The van der Waals surface area contributed by atoms with Crippen LogP contribution >= 0.6 is 0 Å². The molecule has 0 amide bonds. The Morgan fingerprint density at radius 2 is 2.17 bits per heavy atom. The summed E-state index contributed by atoms with van der Waals surface area (Å²) in [4.78, 5) is 4.31. The average molecular weight is 249 g/mol. The van der Waals surface area contributed by atoms with Gasteiger partial charge in [-0.25, -0.2) is 4.98 Å². The SMILES string of the molecule is Cc1nnc2c(NC(CCO)C(C)C)nccn12. The van der Waals surface area contributed by atoms with Gasteiger partial charge in [-0.15, -0.1) is 10.2 Å². The molecule has 2 heterocycles. The van der Waals surface area contributed by atoms with Crippen LogP contribution in [-0.2, 0) is 0 Å². The fourth-order valence-corrected chi connectivity index (χ4v) is 1.93. The van der Waals surface area contributed by atoms with Crippen molar-refractivity contribution in [1.82, 2.24) is 19.6 Å². The second-order valence-corrected chi connectivity index (χ2v) is 4.72. The van der Waals surface area contributed by atoms with Gasteiger partial charge in [0.2, 0.25) is 5.65 Å². The summed E-state index contributed by atoms with van der Waals surface area (Å²) in [6, 6.07) is 0.172. The molecule has 98 valence electrons. The predicted molar refractivity (Wildman–Crippen MR) is 69.5 cm³/mol. The van der Waals surface area contributed by atoms with E-state index in [1.165, 1.54) is 0 Å². The first kappa shape index (κ1) is 12.8. The third-order valence-electron chi connectivity index (χ3n) is 3.06. The van der Waals surface area contributed by atoms with Crippen LogP contribution < -0.4 is 5.32 Å². The van der Waals surface area contributed by atoms with Crippen LogP contribution in [0.5, 0.6) is 0 Å². The van der Waals surface area contributed by atoms with E-state index in [1.54, 1.807) is 6.20 Å². The number of nitrogens with one attached hydrogen (secondary N) is 1. The number of aliphatic hydroxyl groups is 1. The number of aromatic nitrogens is 4. The molecule has 0 aliphatic rings. The van der Waals surface area contributed by atoms with Crippen molar-refractivity contribution >= 4 is 11.5 Å². The van der Waals surface area contributed by atoms with Crippen molar-refractivity contribution < 1.29 is 5.11 Å². The molecule has 0 aromatic carbocycles. The Morgan fingerprint density at radius 3 is 2.83 bits per heavy atom. The van der Waals surface area contributed by atoms with Gasteiger partial charge in [0.05, 0.1) is 0 Å². The molecular formula is C12H19N5O. The molecule has 1 unspecified atom stereocenters. The Kier molecular flexibility index (Phi) is 3.76. The number of nitrogens with zero attached hydrogens (tertiary/aromatic N) is 4.